The summed E-state index contributed by atoms with van der Waals surface area (Å²) in [6.45, 7) is 1.32. The molecule has 0 unspecified atom stereocenters. The molecule has 0 spiro atoms. The molecule has 9 nitrogen and oxygen atoms in total. The van der Waals surface area contributed by atoms with Gasteiger partial charge >= 0.3 is 17.8 Å². The van der Waals surface area contributed by atoms with E-state index in [1.165, 1.54) is 18.3 Å². The molecule has 1 aromatic carbocycles. The Morgan fingerprint density at radius 1 is 1.23 bits per heavy atom. The average Bonchev–Trinajstić information content (AvgIpc) is 2.78. The summed E-state index contributed by atoms with van der Waals surface area (Å²) >= 11 is 6.99. The van der Waals surface area contributed by atoms with E-state index in [4.69, 9.17) is 26.9 Å². The van der Waals surface area contributed by atoms with Crippen LogP contribution in [0.5, 0.6) is 5.88 Å². The Hall–Kier alpha value is -3.52. The summed E-state index contributed by atoms with van der Waals surface area (Å²) in [5.41, 5.74) is -5.47. The van der Waals surface area contributed by atoms with Crippen LogP contribution in [0.3, 0.4) is 0 Å². The Bertz CT molecular complexity index is 1390. The highest BCUT2D eigenvalue weighted by atomic mass is 35.5. The molecule has 2 aromatic heterocycles. The summed E-state index contributed by atoms with van der Waals surface area (Å²) in [5, 5.41) is -0.149. The number of aromatic nitrogens is 3. The molecule has 15 heteroatoms. The van der Waals surface area contributed by atoms with Crippen molar-refractivity contribution in [3.63, 3.8) is 0 Å². The van der Waals surface area contributed by atoms with Gasteiger partial charge in [-0.05, 0) is 31.2 Å². The number of benzene rings is 1. The number of nitrogen functional groups attached to an aromatic ring is 1. The smallest absolute Gasteiger partial charge is 0.433 e. The lowest BCUT2D eigenvalue weighted by Crippen LogP contribution is -2.45. The van der Waals surface area contributed by atoms with E-state index in [1.54, 1.807) is 6.92 Å². The molecule has 2 heterocycles. The van der Waals surface area contributed by atoms with Crippen molar-refractivity contribution in [1.82, 2.24) is 14.2 Å². The molecule has 0 saturated heterocycles. The first-order valence-electron chi connectivity index (χ1n) is 9.56. The third-order valence-corrected chi connectivity index (χ3v) is 5.77. The Balaban J connectivity index is 2.05. The molecule has 2 N–H and O–H groups in total. The van der Waals surface area contributed by atoms with Crippen molar-refractivity contribution >= 4 is 29.3 Å². The molecule has 35 heavy (non-hydrogen) atoms. The van der Waals surface area contributed by atoms with Gasteiger partial charge in [0.15, 0.2) is 12.3 Å². The first kappa shape index (κ1) is 26.1. The number of esters is 1. The highest BCUT2D eigenvalue weighted by Crippen LogP contribution is 2.39. The molecule has 0 bridgehead atoms. The first-order chi connectivity index (χ1) is 16.4. The van der Waals surface area contributed by atoms with Gasteiger partial charge in [-0.1, -0.05) is 23.4 Å². The van der Waals surface area contributed by atoms with Gasteiger partial charge in [0, 0.05) is 17.2 Å². The molecule has 0 atom stereocenters. The molecule has 0 fully saturated rings. The highest BCUT2D eigenvalue weighted by Gasteiger charge is 2.36. The molecule has 0 aliphatic rings. The first-order valence-corrected chi connectivity index (χ1v) is 10.8. The predicted molar refractivity (Wildman–Crippen MR) is 117 cm³/mol. The Labute approximate surface area is 203 Å². The normalized spacial score (nSPS) is 11.4. The predicted octanol–water partition coefficient (Wildman–Crippen LogP) is 3.01. The Morgan fingerprint density at radius 3 is 2.60 bits per heavy atom. The number of ether oxygens (including phenoxy) is 2. The number of nitrogens with zero attached hydrogens (tertiary/aromatic N) is 3. The van der Waals surface area contributed by atoms with E-state index < -0.39 is 47.2 Å². The van der Waals surface area contributed by atoms with Crippen LogP contribution in [0.25, 0.3) is 5.69 Å². The van der Waals surface area contributed by atoms with E-state index in [0.29, 0.717) is 4.90 Å². The minimum Gasteiger partial charge on any atom is -0.465 e. The van der Waals surface area contributed by atoms with Crippen LogP contribution in [0.2, 0.25) is 5.02 Å². The third-order valence-electron chi connectivity index (χ3n) is 4.26. The second-order valence-corrected chi connectivity index (χ2v) is 8.08. The fraction of sp³-hybridized carbons (Fsp3) is 0.200. The van der Waals surface area contributed by atoms with Crippen molar-refractivity contribution < 1.29 is 31.8 Å². The van der Waals surface area contributed by atoms with Gasteiger partial charge in [0.2, 0.25) is 5.88 Å². The second kappa shape index (κ2) is 10.4. The molecule has 186 valence electrons. The summed E-state index contributed by atoms with van der Waals surface area (Å²) in [6, 6.07) is 4.91. The van der Waals surface area contributed by atoms with Gasteiger partial charge in [-0.2, -0.15) is 13.2 Å². The van der Waals surface area contributed by atoms with E-state index in [-0.39, 0.29) is 37.7 Å². The summed E-state index contributed by atoms with van der Waals surface area (Å²) < 4.78 is 63.8. The minimum absolute atomic E-state index is 0.00325. The molecule has 0 amide bonds. The molecule has 0 aliphatic carbocycles. The highest BCUT2D eigenvalue weighted by molar-refractivity contribution is 7.99. The van der Waals surface area contributed by atoms with Crippen LogP contribution in [0.4, 0.5) is 17.6 Å². The van der Waals surface area contributed by atoms with Crippen molar-refractivity contribution in [3.8, 4) is 11.6 Å². The zero-order valence-corrected chi connectivity index (χ0v) is 19.2. The molecule has 0 saturated carbocycles. The molecule has 0 aliphatic heterocycles. The summed E-state index contributed by atoms with van der Waals surface area (Å²) in [7, 11) is 0. The van der Waals surface area contributed by atoms with Crippen molar-refractivity contribution in [3.05, 3.63) is 73.9 Å². The van der Waals surface area contributed by atoms with Crippen LogP contribution < -0.4 is 21.8 Å². The van der Waals surface area contributed by atoms with Gasteiger partial charge in [-0.15, -0.1) is 0 Å². The molecular formula is C20H15ClF4N4O5S. The zero-order valence-electron chi connectivity index (χ0n) is 17.6. The van der Waals surface area contributed by atoms with Crippen LogP contribution >= 0.6 is 23.4 Å². The van der Waals surface area contributed by atoms with E-state index in [0.717, 1.165) is 23.9 Å². The van der Waals surface area contributed by atoms with Gasteiger partial charge < -0.3 is 15.3 Å². The fourth-order valence-electron chi connectivity index (χ4n) is 2.77. The topological polar surface area (TPSA) is 118 Å². The van der Waals surface area contributed by atoms with Crippen molar-refractivity contribution in [2.24, 2.45) is 0 Å². The molecule has 0 radical (unpaired) electrons. The van der Waals surface area contributed by atoms with Gasteiger partial charge in [-0.3, -0.25) is 4.79 Å². The largest absolute Gasteiger partial charge is 0.465 e. The maximum atomic E-state index is 14.7. The number of rotatable bonds is 7. The number of alkyl halides is 3. The van der Waals surface area contributed by atoms with E-state index in [1.807, 2.05) is 0 Å². The molecular weight excluding hydrogens is 520 g/mol. The summed E-state index contributed by atoms with van der Waals surface area (Å²) in [5.74, 6) is 3.42. The van der Waals surface area contributed by atoms with Gasteiger partial charge in [0.1, 0.15) is 5.82 Å². The number of nitrogens with two attached hydrogens (primary N) is 1. The van der Waals surface area contributed by atoms with Gasteiger partial charge in [0.05, 0.1) is 22.2 Å². The standard InChI is InChI=1S/C20H15ClF4N4O5S/c1-2-33-17(31)9-34-18-13(4-3-5-27-18)35-14-7-12(11(22)6-10(14)21)28-16(30)8-15(20(23,24)25)29(26)19(28)32/h3-8H,2,9,26H2,1H3. The van der Waals surface area contributed by atoms with E-state index >= 15 is 0 Å². The van der Waals surface area contributed by atoms with Crippen LogP contribution in [-0.4, -0.2) is 33.4 Å². The Kier molecular flexibility index (Phi) is 7.75. The Morgan fingerprint density at radius 2 is 1.94 bits per heavy atom. The van der Waals surface area contributed by atoms with E-state index in [2.05, 4.69) is 4.98 Å². The fourth-order valence-corrected chi connectivity index (χ4v) is 3.95. The quantitative estimate of drug-likeness (QED) is 0.279. The number of halogens is 5. The lowest BCUT2D eigenvalue weighted by molar-refractivity contribution is -0.145. The lowest BCUT2D eigenvalue weighted by atomic mass is 10.3. The summed E-state index contributed by atoms with van der Waals surface area (Å²) in [4.78, 5) is 40.8. The average molecular weight is 535 g/mol. The maximum Gasteiger partial charge on any atom is 0.433 e. The molecule has 3 aromatic rings. The monoisotopic (exact) mass is 534 g/mol. The van der Waals surface area contributed by atoms with Crippen LogP contribution in [0, 0.1) is 5.82 Å². The third kappa shape index (κ3) is 5.77. The number of hydrogen-bond donors (Lipinski definition) is 1. The molecule has 3 rings (SSSR count). The van der Waals surface area contributed by atoms with Crippen LogP contribution in [0.15, 0.2) is 55.9 Å². The summed E-state index contributed by atoms with van der Waals surface area (Å²) in [6.07, 6.45) is -3.71. The van der Waals surface area contributed by atoms with E-state index in [9.17, 15) is 31.9 Å². The van der Waals surface area contributed by atoms with Gasteiger partial charge in [0.25, 0.3) is 5.56 Å². The van der Waals surface area contributed by atoms with Crippen LogP contribution in [-0.2, 0) is 15.7 Å². The number of pyridine rings is 1. The second-order valence-electron chi connectivity index (χ2n) is 6.59. The van der Waals surface area contributed by atoms with Crippen LogP contribution in [0.1, 0.15) is 12.6 Å². The number of hydrogen-bond acceptors (Lipinski definition) is 8. The zero-order chi connectivity index (χ0) is 25.9. The minimum atomic E-state index is -5.09. The maximum absolute atomic E-state index is 14.7. The van der Waals surface area contributed by atoms with Gasteiger partial charge in [-0.25, -0.2) is 28.2 Å². The van der Waals surface area contributed by atoms with Crippen molar-refractivity contribution in [2.75, 3.05) is 19.1 Å². The number of carbonyl (C=O) groups excluding carboxylic acids is 1. The SMILES string of the molecule is CCOC(=O)COc1ncccc1Sc1cc(-n2c(=O)cc(C(F)(F)F)n(N)c2=O)c(F)cc1Cl. The number of carbonyl (C=O) groups is 1. The van der Waals surface area contributed by atoms with Crippen molar-refractivity contribution in [1.29, 1.82) is 0 Å². The van der Waals surface area contributed by atoms with Crippen molar-refractivity contribution in [2.45, 2.75) is 22.9 Å². The lowest BCUT2D eigenvalue weighted by Gasteiger charge is -2.15.